The Labute approximate surface area is 90.7 Å². The zero-order chi connectivity index (χ0) is 11.5. The molecule has 6 heteroatoms. The topological polar surface area (TPSA) is 96.0 Å². The summed E-state index contributed by atoms with van der Waals surface area (Å²) >= 11 is 0. The molecule has 86 valence electrons. The molecule has 0 aromatic rings. The van der Waals surface area contributed by atoms with Crippen molar-refractivity contribution in [1.82, 2.24) is 4.72 Å². The first kappa shape index (κ1) is 12.4. The van der Waals surface area contributed by atoms with E-state index < -0.39 is 15.3 Å². The molecule has 3 atom stereocenters. The lowest BCUT2D eigenvalue weighted by Crippen LogP contribution is -2.50. The van der Waals surface area contributed by atoms with E-state index in [-0.39, 0.29) is 12.1 Å². The van der Waals surface area contributed by atoms with Crippen LogP contribution in [0.25, 0.3) is 0 Å². The Morgan fingerprint density at radius 2 is 2.07 bits per heavy atom. The van der Waals surface area contributed by atoms with E-state index in [9.17, 15) is 8.42 Å². The molecule has 15 heavy (non-hydrogen) atoms. The molecule has 1 fully saturated rings. The molecule has 0 spiro atoms. The van der Waals surface area contributed by atoms with Crippen LogP contribution in [0, 0.1) is 11.3 Å². The van der Waals surface area contributed by atoms with Gasteiger partial charge < -0.3 is 5.73 Å². The van der Waals surface area contributed by atoms with Crippen molar-refractivity contribution in [2.75, 3.05) is 0 Å². The van der Waals surface area contributed by atoms with Crippen LogP contribution in [0.2, 0.25) is 0 Å². The number of sulfonamides is 1. The van der Waals surface area contributed by atoms with E-state index in [1.807, 2.05) is 0 Å². The first-order valence-electron chi connectivity index (χ1n) is 5.13. The first-order valence-corrected chi connectivity index (χ1v) is 6.68. The van der Waals surface area contributed by atoms with Crippen molar-refractivity contribution >= 4 is 10.0 Å². The molecule has 0 bridgehead atoms. The molecule has 1 rings (SSSR count). The lowest BCUT2D eigenvalue weighted by atomic mass is 9.92. The van der Waals surface area contributed by atoms with Gasteiger partial charge in [0.1, 0.15) is 0 Å². The average molecular weight is 231 g/mol. The lowest BCUT2D eigenvalue weighted by Gasteiger charge is -2.29. The second-order valence-corrected chi connectivity index (χ2v) is 6.02. The van der Waals surface area contributed by atoms with Crippen molar-refractivity contribution < 1.29 is 8.42 Å². The number of nitrogens with zero attached hydrogens (tertiary/aromatic N) is 1. The van der Waals surface area contributed by atoms with E-state index >= 15 is 0 Å². The summed E-state index contributed by atoms with van der Waals surface area (Å²) in [6.45, 7) is 1.37. The standard InChI is InChI=1S/C9H17N3O2S/c1-7(6-10)15(13,14)12-9-5-3-2-4-8(9)11/h7-9,12H,2-5,11H2,1H3/t7?,8-,9-/m1/s1. The highest BCUT2D eigenvalue weighted by molar-refractivity contribution is 7.90. The Morgan fingerprint density at radius 3 is 2.60 bits per heavy atom. The van der Waals surface area contributed by atoms with Gasteiger partial charge in [0.25, 0.3) is 0 Å². The Morgan fingerprint density at radius 1 is 1.47 bits per heavy atom. The number of hydrogen-bond acceptors (Lipinski definition) is 4. The summed E-state index contributed by atoms with van der Waals surface area (Å²) in [6.07, 6.45) is 3.64. The van der Waals surface area contributed by atoms with E-state index in [4.69, 9.17) is 11.0 Å². The van der Waals surface area contributed by atoms with Crippen LogP contribution in [0.5, 0.6) is 0 Å². The Kier molecular flexibility index (Phi) is 4.08. The fourth-order valence-electron chi connectivity index (χ4n) is 1.69. The summed E-state index contributed by atoms with van der Waals surface area (Å²) in [5.41, 5.74) is 5.82. The van der Waals surface area contributed by atoms with Crippen LogP contribution in [-0.4, -0.2) is 25.8 Å². The molecule has 0 aromatic heterocycles. The quantitative estimate of drug-likeness (QED) is 0.719. The van der Waals surface area contributed by atoms with Gasteiger partial charge in [-0.05, 0) is 19.8 Å². The average Bonchev–Trinajstić information content (AvgIpc) is 2.20. The summed E-state index contributed by atoms with van der Waals surface area (Å²) in [6, 6.07) is 1.38. The Bertz CT molecular complexity index is 347. The highest BCUT2D eigenvalue weighted by Gasteiger charge is 2.29. The monoisotopic (exact) mass is 231 g/mol. The van der Waals surface area contributed by atoms with Crippen molar-refractivity contribution in [3.8, 4) is 6.07 Å². The maximum Gasteiger partial charge on any atom is 0.227 e. The summed E-state index contributed by atoms with van der Waals surface area (Å²) in [5, 5.41) is 7.54. The zero-order valence-electron chi connectivity index (χ0n) is 8.81. The fraction of sp³-hybridized carbons (Fsp3) is 0.889. The highest BCUT2D eigenvalue weighted by atomic mass is 32.2. The van der Waals surface area contributed by atoms with E-state index in [0.717, 1.165) is 25.7 Å². The summed E-state index contributed by atoms with van der Waals surface area (Å²) in [5.74, 6) is 0. The molecule has 1 unspecified atom stereocenters. The second kappa shape index (κ2) is 4.92. The summed E-state index contributed by atoms with van der Waals surface area (Å²) in [7, 11) is -3.53. The Hall–Kier alpha value is -0.640. The van der Waals surface area contributed by atoms with Gasteiger partial charge >= 0.3 is 0 Å². The van der Waals surface area contributed by atoms with Gasteiger partial charge in [-0.25, -0.2) is 13.1 Å². The minimum atomic E-state index is -3.53. The smallest absolute Gasteiger partial charge is 0.227 e. The first-order chi connectivity index (χ1) is 6.97. The van der Waals surface area contributed by atoms with Crippen LogP contribution in [0.4, 0.5) is 0 Å². The molecule has 1 aliphatic rings. The van der Waals surface area contributed by atoms with Crippen LogP contribution in [0.1, 0.15) is 32.6 Å². The van der Waals surface area contributed by atoms with Gasteiger partial charge in [-0.3, -0.25) is 0 Å². The van der Waals surface area contributed by atoms with Crippen molar-refractivity contribution in [3.63, 3.8) is 0 Å². The molecule has 1 saturated carbocycles. The van der Waals surface area contributed by atoms with Gasteiger partial charge in [-0.1, -0.05) is 12.8 Å². The van der Waals surface area contributed by atoms with Crippen LogP contribution >= 0.6 is 0 Å². The van der Waals surface area contributed by atoms with Gasteiger partial charge in [0, 0.05) is 12.1 Å². The molecule has 1 aliphatic carbocycles. The van der Waals surface area contributed by atoms with Gasteiger partial charge in [-0.2, -0.15) is 5.26 Å². The van der Waals surface area contributed by atoms with Crippen molar-refractivity contribution in [3.05, 3.63) is 0 Å². The minimum Gasteiger partial charge on any atom is -0.326 e. The van der Waals surface area contributed by atoms with Crippen LogP contribution in [0.3, 0.4) is 0 Å². The zero-order valence-corrected chi connectivity index (χ0v) is 9.63. The third-order valence-corrected chi connectivity index (χ3v) is 4.45. The predicted octanol–water partition coefficient (Wildman–Crippen LogP) is 0.0878. The van der Waals surface area contributed by atoms with Crippen LogP contribution in [0.15, 0.2) is 0 Å². The molecule has 0 amide bonds. The van der Waals surface area contributed by atoms with E-state index in [2.05, 4.69) is 4.72 Å². The minimum absolute atomic E-state index is 0.126. The third kappa shape index (κ3) is 3.16. The lowest BCUT2D eigenvalue weighted by molar-refractivity contribution is 0.360. The van der Waals surface area contributed by atoms with E-state index in [1.165, 1.54) is 6.92 Å². The number of nitrogens with one attached hydrogen (secondary N) is 1. The summed E-state index contributed by atoms with van der Waals surface area (Å²) < 4.78 is 25.7. The SMILES string of the molecule is CC(C#N)S(=O)(=O)N[C@@H]1CCCC[C@H]1N. The molecule has 5 nitrogen and oxygen atoms in total. The maximum atomic E-state index is 11.6. The van der Waals surface area contributed by atoms with Crippen LogP contribution < -0.4 is 10.5 Å². The fourth-order valence-corrected chi connectivity index (χ4v) is 2.75. The summed E-state index contributed by atoms with van der Waals surface area (Å²) in [4.78, 5) is 0. The molecule has 3 N–H and O–H groups in total. The molecule has 0 radical (unpaired) electrons. The molecule has 0 saturated heterocycles. The van der Waals surface area contributed by atoms with Gasteiger partial charge in [0.05, 0.1) is 6.07 Å². The Balaban J connectivity index is 2.65. The number of nitriles is 1. The number of rotatable bonds is 3. The normalized spacial score (nSPS) is 29.4. The van der Waals surface area contributed by atoms with Crippen molar-refractivity contribution in [1.29, 1.82) is 5.26 Å². The molecule has 0 aromatic carbocycles. The van der Waals surface area contributed by atoms with E-state index in [0.29, 0.717) is 0 Å². The predicted molar refractivity (Wildman–Crippen MR) is 57.4 cm³/mol. The number of hydrogen-bond donors (Lipinski definition) is 2. The van der Waals surface area contributed by atoms with E-state index in [1.54, 1.807) is 6.07 Å². The largest absolute Gasteiger partial charge is 0.326 e. The molecular formula is C9H17N3O2S. The maximum absolute atomic E-state index is 11.6. The highest BCUT2D eigenvalue weighted by Crippen LogP contribution is 2.18. The molecule has 0 heterocycles. The van der Waals surface area contributed by atoms with Gasteiger partial charge in [0.2, 0.25) is 10.0 Å². The van der Waals surface area contributed by atoms with Crippen LogP contribution in [-0.2, 0) is 10.0 Å². The molecular weight excluding hydrogens is 214 g/mol. The van der Waals surface area contributed by atoms with Crippen molar-refractivity contribution in [2.45, 2.75) is 49.9 Å². The number of nitrogens with two attached hydrogens (primary N) is 1. The van der Waals surface area contributed by atoms with Gasteiger partial charge in [-0.15, -0.1) is 0 Å². The van der Waals surface area contributed by atoms with Crippen molar-refractivity contribution in [2.24, 2.45) is 5.73 Å². The molecule has 0 aliphatic heterocycles. The van der Waals surface area contributed by atoms with Gasteiger partial charge in [0.15, 0.2) is 5.25 Å². The second-order valence-electron chi connectivity index (χ2n) is 3.99. The third-order valence-electron chi connectivity index (χ3n) is 2.78.